The van der Waals surface area contributed by atoms with Crippen LogP contribution in [0.5, 0.6) is 0 Å². The quantitative estimate of drug-likeness (QED) is 0.302. The molecule has 3 rings (SSSR count). The number of rotatable bonds is 13. The Labute approximate surface area is 194 Å². The molecule has 0 aromatic carbocycles. The second kappa shape index (κ2) is 11.2. The van der Waals surface area contributed by atoms with Gasteiger partial charge in [0.05, 0.1) is 31.6 Å². The van der Waals surface area contributed by atoms with Crippen LogP contribution in [0.25, 0.3) is 0 Å². The third-order valence-electron chi connectivity index (χ3n) is 5.42. The molecule has 0 aliphatic carbocycles. The van der Waals surface area contributed by atoms with Crippen LogP contribution in [0.4, 0.5) is 0 Å². The molecule has 0 amide bonds. The lowest BCUT2D eigenvalue weighted by Gasteiger charge is -2.23. The number of aromatic nitrogens is 3. The van der Waals surface area contributed by atoms with Crippen LogP contribution in [0, 0.1) is 0 Å². The Balaban J connectivity index is 1.42. The number of oxazole rings is 1. The van der Waals surface area contributed by atoms with Gasteiger partial charge in [-0.15, -0.1) is 0 Å². The van der Waals surface area contributed by atoms with Gasteiger partial charge in [-0.25, -0.2) is 9.97 Å². The summed E-state index contributed by atoms with van der Waals surface area (Å²) in [6.07, 6.45) is 9.48. The highest BCUT2D eigenvalue weighted by molar-refractivity contribution is 9.10. The maximum absolute atomic E-state index is 6.46. The lowest BCUT2D eigenvalue weighted by Crippen LogP contribution is -2.27. The Hall–Kier alpha value is -1.04. The second-order valence-corrected chi connectivity index (χ2v) is 15.6. The van der Waals surface area contributed by atoms with Crippen LogP contribution in [0.2, 0.25) is 25.7 Å². The minimum Gasteiger partial charge on any atom is -0.444 e. The van der Waals surface area contributed by atoms with Gasteiger partial charge in [0.2, 0.25) is 5.79 Å². The van der Waals surface area contributed by atoms with Gasteiger partial charge in [0.15, 0.2) is 0 Å². The number of hydrogen-bond donors (Lipinski definition) is 1. The van der Waals surface area contributed by atoms with E-state index in [2.05, 4.69) is 45.5 Å². The van der Waals surface area contributed by atoms with Crippen molar-refractivity contribution in [3.63, 3.8) is 0 Å². The zero-order valence-electron chi connectivity index (χ0n) is 18.8. The number of ether oxygens (including phenoxy) is 3. The van der Waals surface area contributed by atoms with E-state index in [1.165, 1.54) is 0 Å². The van der Waals surface area contributed by atoms with E-state index in [4.69, 9.17) is 24.4 Å². The first-order valence-corrected chi connectivity index (χ1v) is 15.5. The molecule has 2 aromatic heterocycles. The molecule has 3 heterocycles. The van der Waals surface area contributed by atoms with Crippen molar-refractivity contribution < 1.29 is 18.6 Å². The predicted molar refractivity (Wildman–Crippen MR) is 124 cm³/mol. The molecule has 10 heteroatoms. The van der Waals surface area contributed by atoms with Crippen molar-refractivity contribution in [2.75, 3.05) is 19.8 Å². The highest BCUT2D eigenvalue weighted by Crippen LogP contribution is 2.35. The molecule has 2 N–H and O–H groups in total. The molecule has 0 unspecified atom stereocenters. The van der Waals surface area contributed by atoms with Crippen molar-refractivity contribution in [2.45, 2.75) is 76.3 Å². The van der Waals surface area contributed by atoms with Gasteiger partial charge in [0, 0.05) is 21.1 Å². The number of hydrogen-bond acceptors (Lipinski definition) is 7. The number of imidazole rings is 1. The summed E-state index contributed by atoms with van der Waals surface area (Å²) in [7, 11) is -1.10. The average molecular weight is 516 g/mol. The van der Waals surface area contributed by atoms with Gasteiger partial charge in [-0.1, -0.05) is 32.5 Å². The Bertz CT molecular complexity index is 788. The summed E-state index contributed by atoms with van der Waals surface area (Å²) in [6.45, 7) is 9.41. The van der Waals surface area contributed by atoms with E-state index in [0.29, 0.717) is 32.3 Å². The highest BCUT2D eigenvalue weighted by Gasteiger charge is 2.42. The molecular weight excluding hydrogens is 480 g/mol. The van der Waals surface area contributed by atoms with Crippen LogP contribution in [0.3, 0.4) is 0 Å². The molecule has 8 nitrogen and oxygen atoms in total. The third-order valence-corrected chi connectivity index (χ3v) is 7.76. The van der Waals surface area contributed by atoms with E-state index in [-0.39, 0.29) is 6.04 Å². The number of nitrogens with zero attached hydrogens (tertiary/aromatic N) is 3. The molecule has 1 atom stereocenters. The first-order chi connectivity index (χ1) is 14.8. The van der Waals surface area contributed by atoms with E-state index in [0.717, 1.165) is 48.8 Å². The fraction of sp³-hybridized carbons (Fsp3) is 0.714. The summed E-state index contributed by atoms with van der Waals surface area (Å²) >= 11 is 3.56. The van der Waals surface area contributed by atoms with E-state index in [1.54, 1.807) is 18.7 Å². The van der Waals surface area contributed by atoms with Gasteiger partial charge in [-0.2, -0.15) is 0 Å². The average Bonchev–Trinajstić information content (AvgIpc) is 3.46. The molecule has 1 aliphatic rings. The largest absolute Gasteiger partial charge is 0.444 e. The van der Waals surface area contributed by atoms with Crippen LogP contribution >= 0.6 is 15.9 Å². The molecule has 1 saturated heterocycles. The zero-order valence-corrected chi connectivity index (χ0v) is 21.4. The number of nitrogens with two attached hydrogens (primary N) is 1. The standard InChI is InChI=1S/C21H35BrN4O4Si/c1-31(2,3)14-13-27-16-26-18(22)15-25-19(26)17(23)7-5-4-6-8-21(29-11-12-30-21)20-24-9-10-28-20/h9-10,15,17H,4-8,11-14,16,23H2,1-3H3/t17-/m0/s1. The number of unbranched alkanes of at least 4 members (excludes halogenated alkanes) is 2. The number of halogens is 1. The summed E-state index contributed by atoms with van der Waals surface area (Å²) in [6, 6.07) is 1.01. The molecule has 2 aromatic rings. The smallest absolute Gasteiger partial charge is 0.255 e. The SMILES string of the molecule is C[Si](C)(C)CCOCn1c(Br)cnc1[C@@H](N)CCCCCC1(c2ncco2)OCCO1. The van der Waals surface area contributed by atoms with Crippen LogP contribution in [-0.2, 0) is 26.7 Å². The van der Waals surface area contributed by atoms with Crippen LogP contribution in [0.15, 0.2) is 27.7 Å². The summed E-state index contributed by atoms with van der Waals surface area (Å²) in [5.74, 6) is 0.529. The predicted octanol–water partition coefficient (Wildman–Crippen LogP) is 4.80. The zero-order chi connectivity index (χ0) is 22.3. The fourth-order valence-corrected chi connectivity index (χ4v) is 4.74. The lowest BCUT2D eigenvalue weighted by atomic mass is 10.0. The first-order valence-electron chi connectivity index (χ1n) is 11.0. The van der Waals surface area contributed by atoms with Gasteiger partial charge in [-0.3, -0.25) is 4.57 Å². The molecule has 0 radical (unpaired) electrons. The minimum atomic E-state index is -1.10. The van der Waals surface area contributed by atoms with Gasteiger partial charge in [-0.05, 0) is 34.8 Å². The molecular formula is C21H35BrN4O4Si. The van der Waals surface area contributed by atoms with Crippen molar-refractivity contribution >= 4 is 24.0 Å². The fourth-order valence-electron chi connectivity index (χ4n) is 3.60. The highest BCUT2D eigenvalue weighted by atomic mass is 79.9. The molecule has 174 valence electrons. The van der Waals surface area contributed by atoms with Gasteiger partial charge in [0.25, 0.3) is 5.89 Å². The van der Waals surface area contributed by atoms with Gasteiger partial charge in [0.1, 0.15) is 23.4 Å². The monoisotopic (exact) mass is 514 g/mol. The van der Waals surface area contributed by atoms with Crippen molar-refractivity contribution in [3.05, 3.63) is 35.0 Å². The molecule has 0 spiro atoms. The third kappa shape index (κ3) is 6.97. The van der Waals surface area contributed by atoms with Gasteiger partial charge < -0.3 is 24.4 Å². The van der Waals surface area contributed by atoms with E-state index < -0.39 is 13.9 Å². The Morgan fingerprint density at radius 2 is 2.00 bits per heavy atom. The summed E-state index contributed by atoms with van der Waals surface area (Å²) in [5, 5.41) is 0. The van der Waals surface area contributed by atoms with E-state index in [9.17, 15) is 0 Å². The van der Waals surface area contributed by atoms with Crippen molar-refractivity contribution in [2.24, 2.45) is 5.73 Å². The molecule has 0 saturated carbocycles. The van der Waals surface area contributed by atoms with Crippen molar-refractivity contribution in [1.29, 1.82) is 0 Å². The summed E-state index contributed by atoms with van der Waals surface area (Å²) in [5.41, 5.74) is 6.46. The topological polar surface area (TPSA) is 97.6 Å². The lowest BCUT2D eigenvalue weighted by molar-refractivity contribution is -0.187. The van der Waals surface area contributed by atoms with E-state index in [1.807, 2.05) is 4.57 Å². The Morgan fingerprint density at radius 3 is 2.68 bits per heavy atom. The summed E-state index contributed by atoms with van der Waals surface area (Å²) < 4.78 is 25.9. The molecule has 1 aliphatic heterocycles. The van der Waals surface area contributed by atoms with Crippen molar-refractivity contribution in [1.82, 2.24) is 14.5 Å². The maximum atomic E-state index is 6.46. The van der Waals surface area contributed by atoms with Crippen LogP contribution in [0.1, 0.15) is 49.9 Å². The summed E-state index contributed by atoms with van der Waals surface area (Å²) in [4.78, 5) is 8.74. The van der Waals surface area contributed by atoms with Gasteiger partial charge >= 0.3 is 0 Å². The second-order valence-electron chi connectivity index (χ2n) is 9.21. The van der Waals surface area contributed by atoms with E-state index >= 15 is 0 Å². The minimum absolute atomic E-state index is 0.133. The first kappa shape index (κ1) is 24.6. The Morgan fingerprint density at radius 1 is 1.23 bits per heavy atom. The maximum Gasteiger partial charge on any atom is 0.255 e. The van der Waals surface area contributed by atoms with Crippen molar-refractivity contribution in [3.8, 4) is 0 Å². The molecule has 31 heavy (non-hydrogen) atoms. The Kier molecular flexibility index (Phi) is 8.88. The molecule has 1 fully saturated rings. The van der Waals surface area contributed by atoms with Crippen LogP contribution in [-0.4, -0.2) is 42.4 Å². The molecule has 0 bridgehead atoms. The normalized spacial score (nSPS) is 17.3. The van der Waals surface area contributed by atoms with Crippen LogP contribution < -0.4 is 5.73 Å².